The molecule has 0 saturated carbocycles. The van der Waals surface area contributed by atoms with E-state index < -0.39 is 0 Å². The van der Waals surface area contributed by atoms with Crippen molar-refractivity contribution >= 4 is 0 Å². The zero-order chi connectivity index (χ0) is 17.4. The van der Waals surface area contributed by atoms with E-state index in [-0.39, 0.29) is 11.1 Å². The zero-order valence-electron chi connectivity index (χ0n) is 14.5. The van der Waals surface area contributed by atoms with E-state index in [1.54, 1.807) is 34.8 Å². The first-order valence-corrected chi connectivity index (χ1v) is 8.93. The Kier molecular flexibility index (Phi) is 4.25. The van der Waals surface area contributed by atoms with E-state index in [0.29, 0.717) is 24.7 Å². The molecule has 25 heavy (non-hydrogen) atoms. The van der Waals surface area contributed by atoms with Crippen molar-refractivity contribution in [3.63, 3.8) is 0 Å². The van der Waals surface area contributed by atoms with Gasteiger partial charge in [0, 0.05) is 51.1 Å². The average Bonchev–Trinajstić information content (AvgIpc) is 2.57. The minimum Gasteiger partial charge on any atom is -0.315 e. The fourth-order valence-corrected chi connectivity index (χ4v) is 3.77. The fraction of sp³-hybridized carbons (Fsp3) is 0.556. The first-order chi connectivity index (χ1) is 12.1. The molecular formula is C18H23N5O2. The van der Waals surface area contributed by atoms with Gasteiger partial charge in [-0.25, -0.2) is 4.68 Å². The molecule has 0 spiro atoms. The van der Waals surface area contributed by atoms with Crippen molar-refractivity contribution in [1.82, 2.24) is 24.2 Å². The summed E-state index contributed by atoms with van der Waals surface area (Å²) < 4.78 is 3.18. The van der Waals surface area contributed by atoms with Crippen molar-refractivity contribution in [3.05, 3.63) is 56.1 Å². The number of hydrogen-bond donors (Lipinski definition) is 0. The van der Waals surface area contributed by atoms with Gasteiger partial charge in [-0.15, -0.1) is 0 Å². The van der Waals surface area contributed by atoms with E-state index in [0.717, 1.165) is 50.0 Å². The van der Waals surface area contributed by atoms with Crippen LogP contribution in [0.4, 0.5) is 0 Å². The fourth-order valence-electron chi connectivity index (χ4n) is 3.77. The van der Waals surface area contributed by atoms with E-state index in [4.69, 9.17) is 0 Å². The Balaban J connectivity index is 1.38. The molecule has 0 unspecified atom stereocenters. The van der Waals surface area contributed by atoms with Crippen LogP contribution in [0.25, 0.3) is 0 Å². The minimum absolute atomic E-state index is 0.0118. The largest absolute Gasteiger partial charge is 0.315 e. The van der Waals surface area contributed by atoms with Crippen LogP contribution in [0, 0.1) is 5.92 Å². The summed E-state index contributed by atoms with van der Waals surface area (Å²) in [4.78, 5) is 30.7. The maximum Gasteiger partial charge on any atom is 0.273 e. The molecule has 2 aromatic rings. The van der Waals surface area contributed by atoms with E-state index in [1.807, 2.05) is 0 Å². The molecular weight excluding hydrogens is 318 g/mol. The first kappa shape index (κ1) is 16.2. The molecule has 0 bridgehead atoms. The van der Waals surface area contributed by atoms with Gasteiger partial charge in [-0.05, 0) is 31.2 Å². The van der Waals surface area contributed by atoms with Crippen molar-refractivity contribution in [2.24, 2.45) is 13.0 Å². The molecule has 3 heterocycles. The third kappa shape index (κ3) is 3.28. The van der Waals surface area contributed by atoms with Crippen molar-refractivity contribution < 1.29 is 0 Å². The van der Waals surface area contributed by atoms with Crippen LogP contribution < -0.4 is 11.1 Å². The zero-order valence-corrected chi connectivity index (χ0v) is 14.5. The lowest BCUT2D eigenvalue weighted by atomic mass is 9.96. The molecule has 2 aromatic heterocycles. The van der Waals surface area contributed by atoms with Crippen LogP contribution in [-0.4, -0.2) is 37.3 Å². The van der Waals surface area contributed by atoms with Gasteiger partial charge in [0.1, 0.15) is 5.69 Å². The second-order valence-electron chi connectivity index (χ2n) is 7.19. The van der Waals surface area contributed by atoms with E-state index in [2.05, 4.69) is 15.0 Å². The van der Waals surface area contributed by atoms with Crippen molar-refractivity contribution in [3.8, 4) is 0 Å². The SMILES string of the molecule is Cn1ccnc(CN2CC(Cn3nc4c(cc3=O)CCCC4)C2)c1=O. The summed E-state index contributed by atoms with van der Waals surface area (Å²) in [5.74, 6) is 0.402. The Morgan fingerprint density at radius 1 is 1.20 bits per heavy atom. The van der Waals surface area contributed by atoms with E-state index in [1.165, 1.54) is 0 Å². The molecule has 1 fully saturated rings. The second kappa shape index (κ2) is 6.55. The highest BCUT2D eigenvalue weighted by Gasteiger charge is 2.28. The van der Waals surface area contributed by atoms with Crippen LogP contribution in [0.1, 0.15) is 29.8 Å². The van der Waals surface area contributed by atoms with Crippen LogP contribution in [0.2, 0.25) is 0 Å². The quantitative estimate of drug-likeness (QED) is 0.802. The molecule has 132 valence electrons. The average molecular weight is 341 g/mol. The number of nitrogens with zero attached hydrogens (tertiary/aromatic N) is 5. The molecule has 7 heteroatoms. The lowest BCUT2D eigenvalue weighted by Crippen LogP contribution is -2.49. The molecule has 0 aromatic carbocycles. The van der Waals surface area contributed by atoms with Gasteiger partial charge in [-0.2, -0.15) is 5.10 Å². The Morgan fingerprint density at radius 2 is 2.00 bits per heavy atom. The maximum absolute atomic E-state index is 12.3. The van der Waals surface area contributed by atoms with Crippen molar-refractivity contribution in [1.29, 1.82) is 0 Å². The van der Waals surface area contributed by atoms with Crippen molar-refractivity contribution in [2.45, 2.75) is 38.8 Å². The Hall–Kier alpha value is -2.28. The predicted molar refractivity (Wildman–Crippen MR) is 93.4 cm³/mol. The van der Waals surface area contributed by atoms with Crippen LogP contribution >= 0.6 is 0 Å². The molecule has 0 amide bonds. The van der Waals surface area contributed by atoms with Gasteiger partial charge < -0.3 is 4.57 Å². The summed E-state index contributed by atoms with van der Waals surface area (Å²) in [6.07, 6.45) is 7.60. The highest BCUT2D eigenvalue weighted by molar-refractivity contribution is 5.20. The standard InChI is InChI=1S/C18H23N5O2/c1-21-7-6-19-16(18(21)25)12-22-9-13(10-22)11-23-17(24)8-14-4-2-3-5-15(14)20-23/h6-8,13H,2-5,9-12H2,1H3. The number of hydrogen-bond acceptors (Lipinski definition) is 5. The van der Waals surface area contributed by atoms with Crippen LogP contribution in [-0.2, 0) is 33.0 Å². The molecule has 0 radical (unpaired) electrons. The topological polar surface area (TPSA) is 73.0 Å². The van der Waals surface area contributed by atoms with Gasteiger partial charge >= 0.3 is 0 Å². The summed E-state index contributed by atoms with van der Waals surface area (Å²) in [5, 5.41) is 4.59. The smallest absolute Gasteiger partial charge is 0.273 e. The van der Waals surface area contributed by atoms with Gasteiger partial charge in [-0.3, -0.25) is 19.5 Å². The van der Waals surface area contributed by atoms with E-state index in [9.17, 15) is 9.59 Å². The highest BCUT2D eigenvalue weighted by Crippen LogP contribution is 2.20. The third-order valence-corrected chi connectivity index (χ3v) is 5.20. The number of aromatic nitrogens is 4. The number of likely N-dealkylation sites (tertiary alicyclic amines) is 1. The minimum atomic E-state index is -0.0430. The second-order valence-corrected chi connectivity index (χ2v) is 7.19. The predicted octanol–water partition coefficient (Wildman–Crippen LogP) is 0.348. The molecule has 7 nitrogen and oxygen atoms in total. The first-order valence-electron chi connectivity index (χ1n) is 8.93. The number of aryl methyl sites for hydroxylation is 3. The molecule has 2 aliphatic rings. The summed E-state index contributed by atoms with van der Waals surface area (Å²) >= 11 is 0. The highest BCUT2D eigenvalue weighted by atomic mass is 16.1. The summed E-state index contributed by atoms with van der Waals surface area (Å²) in [6.45, 7) is 2.95. The van der Waals surface area contributed by atoms with E-state index >= 15 is 0 Å². The molecule has 1 aliphatic carbocycles. The maximum atomic E-state index is 12.3. The summed E-state index contributed by atoms with van der Waals surface area (Å²) in [5.41, 5.74) is 2.77. The van der Waals surface area contributed by atoms with Gasteiger partial charge in [0.25, 0.3) is 11.1 Å². The summed E-state index contributed by atoms with van der Waals surface area (Å²) in [7, 11) is 1.74. The Labute approximate surface area is 145 Å². The molecule has 1 saturated heterocycles. The van der Waals surface area contributed by atoms with Gasteiger partial charge in [-0.1, -0.05) is 0 Å². The third-order valence-electron chi connectivity index (χ3n) is 5.20. The van der Waals surface area contributed by atoms with Crippen LogP contribution in [0.3, 0.4) is 0 Å². The molecule has 1 aliphatic heterocycles. The Bertz CT molecular complexity index is 895. The Morgan fingerprint density at radius 3 is 2.84 bits per heavy atom. The molecule has 0 N–H and O–H groups in total. The van der Waals surface area contributed by atoms with Crippen LogP contribution in [0.15, 0.2) is 28.0 Å². The number of fused-ring (bicyclic) bond motifs is 1. The molecule has 0 atom stereocenters. The van der Waals surface area contributed by atoms with Gasteiger partial charge in [0.2, 0.25) is 0 Å². The lowest BCUT2D eigenvalue weighted by molar-refractivity contribution is 0.0746. The van der Waals surface area contributed by atoms with Crippen LogP contribution in [0.5, 0.6) is 0 Å². The lowest BCUT2D eigenvalue weighted by Gasteiger charge is -2.38. The van der Waals surface area contributed by atoms with Gasteiger partial charge in [0.15, 0.2) is 0 Å². The monoisotopic (exact) mass is 341 g/mol. The van der Waals surface area contributed by atoms with Gasteiger partial charge in [0.05, 0.1) is 12.2 Å². The number of rotatable bonds is 4. The summed E-state index contributed by atoms with van der Waals surface area (Å²) in [6, 6.07) is 1.77. The molecule has 4 rings (SSSR count). The normalized spacial score (nSPS) is 18.0. The van der Waals surface area contributed by atoms with Crippen molar-refractivity contribution in [2.75, 3.05) is 13.1 Å².